The summed E-state index contributed by atoms with van der Waals surface area (Å²) in [5.74, 6) is 0.830. The van der Waals surface area contributed by atoms with Gasteiger partial charge in [-0.2, -0.15) is 0 Å². The molecule has 0 saturated carbocycles. The fourth-order valence-electron chi connectivity index (χ4n) is 1.03. The lowest BCUT2D eigenvalue weighted by molar-refractivity contribution is 0.0500. The SMILES string of the molecule is Cc1nnc([C@@H](C)NC(=O)OC(C)(C)C)o1. The highest BCUT2D eigenvalue weighted by Crippen LogP contribution is 2.12. The molecular formula is C10H17N3O3. The van der Waals surface area contributed by atoms with Gasteiger partial charge in [-0.15, -0.1) is 10.2 Å². The normalized spacial score (nSPS) is 13.3. The number of carbonyl (C=O) groups excluding carboxylic acids is 1. The molecule has 0 unspecified atom stereocenters. The number of rotatable bonds is 2. The van der Waals surface area contributed by atoms with Gasteiger partial charge < -0.3 is 14.5 Å². The Morgan fingerprint density at radius 1 is 1.44 bits per heavy atom. The highest BCUT2D eigenvalue weighted by molar-refractivity contribution is 5.68. The van der Waals surface area contributed by atoms with Gasteiger partial charge in [0.05, 0.1) is 0 Å². The van der Waals surface area contributed by atoms with Gasteiger partial charge in [-0.3, -0.25) is 0 Å². The first-order chi connectivity index (χ1) is 7.28. The molecule has 1 atom stereocenters. The lowest BCUT2D eigenvalue weighted by Crippen LogP contribution is -2.34. The van der Waals surface area contributed by atoms with E-state index >= 15 is 0 Å². The second kappa shape index (κ2) is 4.51. The molecule has 1 rings (SSSR count). The van der Waals surface area contributed by atoms with Gasteiger partial charge in [0.15, 0.2) is 0 Å². The first-order valence-electron chi connectivity index (χ1n) is 5.07. The quantitative estimate of drug-likeness (QED) is 0.835. The lowest BCUT2D eigenvalue weighted by Gasteiger charge is -2.20. The molecule has 1 heterocycles. The number of hydrogen-bond donors (Lipinski definition) is 1. The molecule has 1 aromatic rings. The predicted octanol–water partition coefficient (Wildman–Crippen LogP) is 1.96. The highest BCUT2D eigenvalue weighted by Gasteiger charge is 2.20. The van der Waals surface area contributed by atoms with E-state index in [9.17, 15) is 4.79 Å². The summed E-state index contributed by atoms with van der Waals surface area (Å²) in [6.45, 7) is 8.84. The Hall–Kier alpha value is -1.59. The molecule has 0 aliphatic rings. The van der Waals surface area contributed by atoms with Gasteiger partial charge in [0.1, 0.15) is 11.6 Å². The smallest absolute Gasteiger partial charge is 0.408 e. The fraction of sp³-hybridized carbons (Fsp3) is 0.700. The van der Waals surface area contributed by atoms with E-state index in [1.807, 2.05) is 0 Å². The topological polar surface area (TPSA) is 77.2 Å². The first kappa shape index (κ1) is 12.5. The molecule has 0 aliphatic heterocycles. The van der Waals surface area contributed by atoms with Crippen LogP contribution >= 0.6 is 0 Å². The molecule has 1 N–H and O–H groups in total. The number of alkyl carbamates (subject to hydrolysis) is 1. The third-order valence-electron chi connectivity index (χ3n) is 1.65. The monoisotopic (exact) mass is 227 g/mol. The molecule has 90 valence electrons. The van der Waals surface area contributed by atoms with Crippen molar-refractivity contribution in [3.63, 3.8) is 0 Å². The van der Waals surface area contributed by atoms with E-state index in [0.29, 0.717) is 11.8 Å². The molecule has 0 aromatic carbocycles. The van der Waals surface area contributed by atoms with E-state index in [4.69, 9.17) is 9.15 Å². The van der Waals surface area contributed by atoms with Crippen molar-refractivity contribution < 1.29 is 13.9 Å². The van der Waals surface area contributed by atoms with Crippen LogP contribution < -0.4 is 5.32 Å². The van der Waals surface area contributed by atoms with Gasteiger partial charge in [-0.05, 0) is 27.7 Å². The van der Waals surface area contributed by atoms with Crippen LogP contribution in [0.3, 0.4) is 0 Å². The maximum absolute atomic E-state index is 11.4. The van der Waals surface area contributed by atoms with Gasteiger partial charge in [-0.25, -0.2) is 4.79 Å². The molecular weight excluding hydrogens is 210 g/mol. The number of amides is 1. The fourth-order valence-corrected chi connectivity index (χ4v) is 1.03. The molecule has 6 heteroatoms. The minimum atomic E-state index is -0.519. The van der Waals surface area contributed by atoms with Crippen molar-refractivity contribution in [1.82, 2.24) is 15.5 Å². The van der Waals surface area contributed by atoms with E-state index in [1.54, 1.807) is 34.6 Å². The summed E-state index contributed by atoms with van der Waals surface area (Å²) in [6.07, 6.45) is -0.504. The molecule has 1 aromatic heterocycles. The molecule has 0 saturated heterocycles. The summed E-state index contributed by atoms with van der Waals surface area (Å²) in [7, 11) is 0. The van der Waals surface area contributed by atoms with Crippen LogP contribution in [-0.2, 0) is 4.74 Å². The van der Waals surface area contributed by atoms with Crippen molar-refractivity contribution in [2.75, 3.05) is 0 Å². The number of ether oxygens (including phenoxy) is 1. The maximum atomic E-state index is 11.4. The third kappa shape index (κ3) is 3.88. The summed E-state index contributed by atoms with van der Waals surface area (Å²) in [4.78, 5) is 11.4. The third-order valence-corrected chi connectivity index (χ3v) is 1.65. The summed E-state index contributed by atoms with van der Waals surface area (Å²) in [5.41, 5.74) is -0.519. The Balaban J connectivity index is 2.52. The summed E-state index contributed by atoms with van der Waals surface area (Å²) in [6, 6.07) is -0.365. The van der Waals surface area contributed by atoms with Crippen LogP contribution in [0, 0.1) is 6.92 Å². The Labute approximate surface area is 94.4 Å². The van der Waals surface area contributed by atoms with Crippen molar-refractivity contribution in [3.8, 4) is 0 Å². The number of nitrogens with zero attached hydrogens (tertiary/aromatic N) is 2. The Kier molecular flexibility index (Phi) is 3.51. The standard InChI is InChI=1S/C10H17N3O3/c1-6(8-13-12-7(2)15-8)11-9(14)16-10(3,4)5/h6H,1-5H3,(H,11,14)/t6-/m1/s1. The van der Waals surface area contributed by atoms with Crippen molar-refractivity contribution in [3.05, 3.63) is 11.8 Å². The second-order valence-electron chi connectivity index (χ2n) is 4.53. The number of carbonyl (C=O) groups is 1. The van der Waals surface area contributed by atoms with Gasteiger partial charge in [0.2, 0.25) is 11.8 Å². The molecule has 0 aliphatic carbocycles. The van der Waals surface area contributed by atoms with E-state index in [1.165, 1.54) is 0 Å². The van der Waals surface area contributed by atoms with Crippen molar-refractivity contribution in [2.24, 2.45) is 0 Å². The zero-order valence-corrected chi connectivity index (χ0v) is 10.2. The molecule has 0 fully saturated rings. The van der Waals surface area contributed by atoms with E-state index in [2.05, 4.69) is 15.5 Å². The van der Waals surface area contributed by atoms with Crippen LogP contribution in [0.1, 0.15) is 45.5 Å². The number of aryl methyl sites for hydroxylation is 1. The average Bonchev–Trinajstić information content (AvgIpc) is 2.47. The van der Waals surface area contributed by atoms with Crippen molar-refractivity contribution in [2.45, 2.75) is 46.3 Å². The van der Waals surface area contributed by atoms with Gasteiger partial charge in [0, 0.05) is 6.92 Å². The van der Waals surface area contributed by atoms with Gasteiger partial charge >= 0.3 is 6.09 Å². The van der Waals surface area contributed by atoms with Crippen LogP contribution in [0.25, 0.3) is 0 Å². The minimum absolute atomic E-state index is 0.364. The molecule has 16 heavy (non-hydrogen) atoms. The zero-order chi connectivity index (χ0) is 12.3. The lowest BCUT2D eigenvalue weighted by atomic mass is 10.2. The summed E-state index contributed by atoms with van der Waals surface area (Å²) in [5, 5.41) is 10.1. The second-order valence-corrected chi connectivity index (χ2v) is 4.53. The van der Waals surface area contributed by atoms with E-state index < -0.39 is 11.7 Å². The molecule has 0 spiro atoms. The molecule has 6 nitrogen and oxygen atoms in total. The van der Waals surface area contributed by atoms with Gasteiger partial charge in [-0.1, -0.05) is 0 Å². The van der Waals surface area contributed by atoms with Crippen LogP contribution in [-0.4, -0.2) is 21.9 Å². The van der Waals surface area contributed by atoms with E-state index in [-0.39, 0.29) is 6.04 Å². The first-order valence-corrected chi connectivity index (χ1v) is 5.07. The van der Waals surface area contributed by atoms with Crippen molar-refractivity contribution >= 4 is 6.09 Å². The van der Waals surface area contributed by atoms with Crippen molar-refractivity contribution in [1.29, 1.82) is 0 Å². The zero-order valence-electron chi connectivity index (χ0n) is 10.2. The van der Waals surface area contributed by atoms with E-state index in [0.717, 1.165) is 0 Å². The van der Waals surface area contributed by atoms with Crippen LogP contribution in [0.4, 0.5) is 4.79 Å². The number of aromatic nitrogens is 2. The number of nitrogens with one attached hydrogen (secondary N) is 1. The largest absolute Gasteiger partial charge is 0.444 e. The summed E-state index contributed by atoms with van der Waals surface area (Å²) >= 11 is 0. The average molecular weight is 227 g/mol. The minimum Gasteiger partial charge on any atom is -0.444 e. The Morgan fingerprint density at radius 2 is 2.06 bits per heavy atom. The predicted molar refractivity (Wildman–Crippen MR) is 56.8 cm³/mol. The highest BCUT2D eigenvalue weighted by atomic mass is 16.6. The van der Waals surface area contributed by atoms with Gasteiger partial charge in [0.25, 0.3) is 0 Å². The molecule has 0 radical (unpaired) electrons. The van der Waals surface area contributed by atoms with Crippen LogP contribution in [0.5, 0.6) is 0 Å². The Bertz CT molecular complexity index is 368. The summed E-state index contributed by atoms with van der Waals surface area (Å²) < 4.78 is 10.3. The Morgan fingerprint density at radius 3 is 2.50 bits per heavy atom. The maximum Gasteiger partial charge on any atom is 0.408 e. The molecule has 0 bridgehead atoms. The molecule has 1 amide bonds. The van der Waals surface area contributed by atoms with Crippen LogP contribution in [0.15, 0.2) is 4.42 Å². The van der Waals surface area contributed by atoms with Crippen LogP contribution in [0.2, 0.25) is 0 Å². The number of hydrogen-bond acceptors (Lipinski definition) is 5.